The highest BCUT2D eigenvalue weighted by Crippen LogP contribution is 2.37. The number of carbonyl (C=O) groups is 1. The van der Waals surface area contributed by atoms with Crippen molar-refractivity contribution >= 4 is 29.1 Å². The van der Waals surface area contributed by atoms with E-state index in [0.29, 0.717) is 6.54 Å². The van der Waals surface area contributed by atoms with E-state index in [9.17, 15) is 4.79 Å². The first-order valence-corrected chi connectivity index (χ1v) is 5.48. The zero-order chi connectivity index (χ0) is 9.90. The summed E-state index contributed by atoms with van der Waals surface area (Å²) in [6.07, 6.45) is 4.26. The molecule has 1 N–H and O–H groups in total. The van der Waals surface area contributed by atoms with Crippen LogP contribution in [0.5, 0.6) is 0 Å². The minimum atomic E-state index is -0.506. The Balaban J connectivity index is 2.38. The molecule has 1 saturated carbocycles. The average Bonchev–Trinajstić information content (AvgIpc) is 2.49. The van der Waals surface area contributed by atoms with E-state index in [2.05, 4.69) is 5.32 Å². The zero-order valence-corrected chi connectivity index (χ0v) is 9.29. The van der Waals surface area contributed by atoms with Crippen LogP contribution in [0.1, 0.15) is 32.6 Å². The van der Waals surface area contributed by atoms with Crippen molar-refractivity contribution < 1.29 is 4.79 Å². The smallest absolute Gasteiger partial charge is 0.226 e. The molecule has 0 spiro atoms. The number of hydrogen-bond donors (Lipinski definition) is 1. The van der Waals surface area contributed by atoms with Crippen LogP contribution in [0.2, 0.25) is 0 Å². The normalized spacial score (nSPS) is 20.6. The number of rotatable bonds is 3. The van der Waals surface area contributed by atoms with E-state index >= 15 is 0 Å². The Morgan fingerprint density at radius 3 is 2.46 bits per heavy atom. The second-order valence-electron chi connectivity index (χ2n) is 3.87. The number of alkyl halides is 2. The van der Waals surface area contributed by atoms with Crippen molar-refractivity contribution in [1.82, 2.24) is 5.32 Å². The first-order chi connectivity index (χ1) is 6.04. The van der Waals surface area contributed by atoms with Crippen molar-refractivity contribution in [3.05, 3.63) is 0 Å². The number of nitrogens with one attached hydrogen (secondary N) is 1. The molecule has 1 amide bonds. The maximum Gasteiger partial charge on any atom is 0.226 e. The SMILES string of the molecule is CC1(C(=O)NCC(Cl)Cl)CCCC1. The molecule has 0 atom stereocenters. The standard InChI is InChI=1S/C9H15Cl2NO/c1-9(4-2-3-5-9)8(13)12-6-7(10)11/h7H,2-6H2,1H3,(H,12,13). The summed E-state index contributed by atoms with van der Waals surface area (Å²) in [7, 11) is 0. The number of halogens is 2. The van der Waals surface area contributed by atoms with Crippen molar-refractivity contribution in [3.63, 3.8) is 0 Å². The van der Waals surface area contributed by atoms with E-state index in [0.717, 1.165) is 25.7 Å². The van der Waals surface area contributed by atoms with Crippen LogP contribution in [0.4, 0.5) is 0 Å². The third kappa shape index (κ3) is 3.03. The van der Waals surface area contributed by atoms with Crippen LogP contribution in [-0.4, -0.2) is 17.3 Å². The molecular weight excluding hydrogens is 209 g/mol. The van der Waals surface area contributed by atoms with Crippen LogP contribution in [0.25, 0.3) is 0 Å². The van der Waals surface area contributed by atoms with Crippen LogP contribution in [0, 0.1) is 5.41 Å². The number of hydrogen-bond acceptors (Lipinski definition) is 1. The van der Waals surface area contributed by atoms with E-state index in [4.69, 9.17) is 23.2 Å². The molecule has 76 valence electrons. The Hall–Kier alpha value is 0.0500. The van der Waals surface area contributed by atoms with Gasteiger partial charge in [0, 0.05) is 12.0 Å². The third-order valence-corrected chi connectivity index (χ3v) is 2.98. The molecule has 13 heavy (non-hydrogen) atoms. The molecule has 0 aromatic carbocycles. The molecule has 2 nitrogen and oxygen atoms in total. The van der Waals surface area contributed by atoms with Gasteiger partial charge in [0.25, 0.3) is 0 Å². The van der Waals surface area contributed by atoms with Crippen LogP contribution < -0.4 is 5.32 Å². The van der Waals surface area contributed by atoms with Crippen LogP contribution in [-0.2, 0) is 4.79 Å². The minimum Gasteiger partial charge on any atom is -0.353 e. The predicted octanol–water partition coefficient (Wildman–Crippen LogP) is 2.49. The lowest BCUT2D eigenvalue weighted by atomic mass is 9.88. The van der Waals surface area contributed by atoms with Gasteiger partial charge in [0.2, 0.25) is 5.91 Å². The molecule has 0 saturated heterocycles. The Kier molecular flexibility index (Phi) is 3.87. The Morgan fingerprint density at radius 1 is 1.46 bits per heavy atom. The summed E-state index contributed by atoms with van der Waals surface area (Å²) in [5.41, 5.74) is -0.178. The summed E-state index contributed by atoms with van der Waals surface area (Å²) in [6.45, 7) is 2.35. The molecule has 0 aliphatic heterocycles. The first kappa shape index (κ1) is 11.1. The van der Waals surface area contributed by atoms with E-state index in [1.165, 1.54) is 0 Å². The maximum absolute atomic E-state index is 11.6. The summed E-state index contributed by atoms with van der Waals surface area (Å²) in [6, 6.07) is 0. The third-order valence-electron chi connectivity index (χ3n) is 2.67. The van der Waals surface area contributed by atoms with Crippen molar-refractivity contribution in [1.29, 1.82) is 0 Å². The molecule has 4 heteroatoms. The molecule has 0 unspecified atom stereocenters. The van der Waals surface area contributed by atoms with Gasteiger partial charge in [-0.05, 0) is 12.8 Å². The van der Waals surface area contributed by atoms with Gasteiger partial charge in [-0.15, -0.1) is 23.2 Å². The second kappa shape index (κ2) is 4.52. The molecule has 0 radical (unpaired) electrons. The van der Waals surface area contributed by atoms with Gasteiger partial charge in [0.1, 0.15) is 4.84 Å². The predicted molar refractivity (Wildman–Crippen MR) is 55.1 cm³/mol. The molecule has 1 rings (SSSR count). The fraction of sp³-hybridized carbons (Fsp3) is 0.889. The van der Waals surface area contributed by atoms with Gasteiger partial charge >= 0.3 is 0 Å². The molecule has 1 fully saturated rings. The maximum atomic E-state index is 11.6. The summed E-state index contributed by atoms with van der Waals surface area (Å²) >= 11 is 11.0. The van der Waals surface area contributed by atoms with Crippen molar-refractivity contribution in [2.45, 2.75) is 37.4 Å². The van der Waals surface area contributed by atoms with E-state index in [1.807, 2.05) is 6.92 Å². The highest BCUT2D eigenvalue weighted by molar-refractivity contribution is 6.44. The molecule has 0 bridgehead atoms. The number of amides is 1. The van der Waals surface area contributed by atoms with Crippen LogP contribution in [0.15, 0.2) is 0 Å². The Morgan fingerprint density at radius 2 is 2.00 bits per heavy atom. The highest BCUT2D eigenvalue weighted by Gasteiger charge is 2.35. The van der Waals surface area contributed by atoms with E-state index in [-0.39, 0.29) is 11.3 Å². The van der Waals surface area contributed by atoms with Gasteiger partial charge in [-0.3, -0.25) is 4.79 Å². The lowest BCUT2D eigenvalue weighted by Crippen LogP contribution is -2.39. The molecule has 0 aromatic rings. The fourth-order valence-corrected chi connectivity index (χ4v) is 1.92. The molecular formula is C9H15Cl2NO. The van der Waals surface area contributed by atoms with E-state index < -0.39 is 4.84 Å². The topological polar surface area (TPSA) is 29.1 Å². The van der Waals surface area contributed by atoms with Crippen LogP contribution >= 0.6 is 23.2 Å². The zero-order valence-electron chi connectivity index (χ0n) is 7.78. The van der Waals surface area contributed by atoms with Gasteiger partial charge in [0.05, 0.1) is 0 Å². The average molecular weight is 224 g/mol. The summed E-state index contributed by atoms with van der Waals surface area (Å²) in [5, 5.41) is 2.76. The summed E-state index contributed by atoms with van der Waals surface area (Å²) < 4.78 is 0. The van der Waals surface area contributed by atoms with Gasteiger partial charge in [0.15, 0.2) is 0 Å². The first-order valence-electron chi connectivity index (χ1n) is 4.61. The van der Waals surface area contributed by atoms with Crippen molar-refractivity contribution in [3.8, 4) is 0 Å². The van der Waals surface area contributed by atoms with Gasteiger partial charge in [-0.25, -0.2) is 0 Å². The number of carbonyl (C=O) groups excluding carboxylic acids is 1. The molecule has 1 aliphatic carbocycles. The lowest BCUT2D eigenvalue weighted by molar-refractivity contribution is -0.129. The van der Waals surface area contributed by atoms with Gasteiger partial charge < -0.3 is 5.32 Å². The molecule has 0 heterocycles. The fourth-order valence-electron chi connectivity index (χ4n) is 1.77. The Bertz CT molecular complexity index is 188. The second-order valence-corrected chi connectivity index (χ2v) is 5.15. The van der Waals surface area contributed by atoms with Crippen LogP contribution in [0.3, 0.4) is 0 Å². The molecule has 1 aliphatic rings. The van der Waals surface area contributed by atoms with Crippen molar-refractivity contribution in [2.24, 2.45) is 5.41 Å². The molecule has 0 aromatic heterocycles. The summed E-state index contributed by atoms with van der Waals surface area (Å²) in [4.78, 5) is 11.1. The monoisotopic (exact) mass is 223 g/mol. The highest BCUT2D eigenvalue weighted by atomic mass is 35.5. The van der Waals surface area contributed by atoms with Gasteiger partial charge in [-0.2, -0.15) is 0 Å². The minimum absolute atomic E-state index is 0.0938. The van der Waals surface area contributed by atoms with Crippen molar-refractivity contribution in [2.75, 3.05) is 6.54 Å². The van der Waals surface area contributed by atoms with E-state index in [1.54, 1.807) is 0 Å². The summed E-state index contributed by atoms with van der Waals surface area (Å²) in [5.74, 6) is 0.0938. The lowest BCUT2D eigenvalue weighted by Gasteiger charge is -2.22. The Labute approximate surface area is 89.0 Å². The van der Waals surface area contributed by atoms with Gasteiger partial charge in [-0.1, -0.05) is 19.8 Å². The largest absolute Gasteiger partial charge is 0.353 e. The quantitative estimate of drug-likeness (QED) is 0.733.